The Kier molecular flexibility index (Phi) is 4.18. The van der Waals surface area contributed by atoms with E-state index in [1.807, 2.05) is 37.6 Å². The molecule has 0 spiro atoms. The Morgan fingerprint density at radius 3 is 2.58 bits per heavy atom. The summed E-state index contributed by atoms with van der Waals surface area (Å²) in [4.78, 5) is 17.7. The number of aromatic nitrogens is 6. The zero-order valence-corrected chi connectivity index (χ0v) is 17.2. The predicted octanol–water partition coefficient (Wildman–Crippen LogP) is 4.55. The number of hydrogen-bond donors (Lipinski definition) is 0. The number of fused-ring (bicyclic) bond motifs is 1. The third kappa shape index (κ3) is 3.00. The van der Waals surface area contributed by atoms with Crippen molar-refractivity contribution in [3.05, 3.63) is 41.7 Å². The van der Waals surface area contributed by atoms with Gasteiger partial charge in [-0.1, -0.05) is 12.1 Å². The van der Waals surface area contributed by atoms with Crippen LogP contribution in [0.1, 0.15) is 36.9 Å². The Balaban J connectivity index is 1.55. The Morgan fingerprint density at radius 1 is 1.13 bits per heavy atom. The summed E-state index contributed by atoms with van der Waals surface area (Å²) in [6, 6.07) is 3.74. The second kappa shape index (κ2) is 6.60. The Morgan fingerprint density at radius 2 is 1.90 bits per heavy atom. The molecule has 1 aliphatic carbocycles. The zero-order valence-electron chi connectivity index (χ0n) is 17.2. The van der Waals surface area contributed by atoms with Crippen molar-refractivity contribution in [3.63, 3.8) is 0 Å². The van der Waals surface area contributed by atoms with E-state index in [9.17, 15) is 13.2 Å². The van der Waals surface area contributed by atoms with Crippen LogP contribution in [-0.2, 0) is 18.9 Å². The van der Waals surface area contributed by atoms with Crippen LogP contribution in [0, 0.1) is 6.92 Å². The van der Waals surface area contributed by atoms with Gasteiger partial charge in [0.15, 0.2) is 5.82 Å². The highest BCUT2D eigenvalue weighted by Gasteiger charge is 2.68. The number of imidazole rings is 1. The fourth-order valence-electron chi connectivity index (χ4n) is 3.78. The molecule has 31 heavy (non-hydrogen) atoms. The molecule has 4 aromatic heterocycles. The van der Waals surface area contributed by atoms with Crippen molar-refractivity contribution in [2.24, 2.45) is 7.05 Å². The summed E-state index contributed by atoms with van der Waals surface area (Å²) in [7, 11) is 1.90. The maximum Gasteiger partial charge on any atom is 0.403 e. The maximum atomic E-state index is 13.3. The summed E-state index contributed by atoms with van der Waals surface area (Å²) >= 11 is 0. The smallest absolute Gasteiger partial charge is 0.338 e. The number of hydrogen-bond acceptors (Lipinski definition) is 6. The van der Waals surface area contributed by atoms with Crippen LogP contribution < -0.4 is 0 Å². The fourth-order valence-corrected chi connectivity index (χ4v) is 3.78. The third-order valence-corrected chi connectivity index (χ3v) is 5.85. The molecule has 0 N–H and O–H groups in total. The minimum Gasteiger partial charge on any atom is -0.338 e. The van der Waals surface area contributed by atoms with E-state index < -0.39 is 11.6 Å². The Labute approximate surface area is 175 Å². The van der Waals surface area contributed by atoms with E-state index in [0.29, 0.717) is 23.5 Å². The van der Waals surface area contributed by atoms with Gasteiger partial charge >= 0.3 is 6.18 Å². The first kappa shape index (κ1) is 19.7. The third-order valence-electron chi connectivity index (χ3n) is 5.85. The van der Waals surface area contributed by atoms with Crippen molar-refractivity contribution in [2.75, 3.05) is 0 Å². The molecular weight excluding hydrogens is 409 g/mol. The van der Waals surface area contributed by atoms with Gasteiger partial charge in [0.1, 0.15) is 11.1 Å². The minimum atomic E-state index is -4.40. The Hall–Kier alpha value is -3.30. The van der Waals surface area contributed by atoms with E-state index in [1.165, 1.54) is 0 Å². The normalized spacial score (nSPS) is 15.5. The summed E-state index contributed by atoms with van der Waals surface area (Å²) in [6.45, 7) is 3.88. The number of alkyl halides is 3. The van der Waals surface area contributed by atoms with Gasteiger partial charge in [-0.2, -0.15) is 18.2 Å². The largest absolute Gasteiger partial charge is 0.403 e. The van der Waals surface area contributed by atoms with Crippen molar-refractivity contribution >= 4 is 11.0 Å². The van der Waals surface area contributed by atoms with Gasteiger partial charge in [-0.15, -0.1) is 0 Å². The highest BCUT2D eigenvalue weighted by atomic mass is 19.4. The molecule has 4 heterocycles. The van der Waals surface area contributed by atoms with E-state index in [0.717, 1.165) is 22.3 Å². The van der Waals surface area contributed by atoms with Crippen LogP contribution in [0.5, 0.6) is 0 Å². The van der Waals surface area contributed by atoms with Gasteiger partial charge < -0.3 is 9.09 Å². The number of halogens is 3. The molecule has 10 heteroatoms. The maximum absolute atomic E-state index is 13.3. The van der Waals surface area contributed by atoms with Crippen molar-refractivity contribution < 1.29 is 17.7 Å². The summed E-state index contributed by atoms with van der Waals surface area (Å²) < 4.78 is 47.0. The zero-order chi connectivity index (χ0) is 22.0. The predicted molar refractivity (Wildman–Crippen MR) is 106 cm³/mol. The number of pyridine rings is 2. The van der Waals surface area contributed by atoms with Gasteiger partial charge in [0.25, 0.3) is 0 Å². The van der Waals surface area contributed by atoms with Crippen LogP contribution in [0.15, 0.2) is 29.0 Å². The van der Waals surface area contributed by atoms with Crippen LogP contribution in [0.3, 0.4) is 0 Å². The summed E-state index contributed by atoms with van der Waals surface area (Å²) in [6.07, 6.45) is -0.503. The van der Waals surface area contributed by atoms with Crippen LogP contribution in [0.2, 0.25) is 0 Å². The topological polar surface area (TPSA) is 82.5 Å². The van der Waals surface area contributed by atoms with Crippen molar-refractivity contribution in [1.29, 1.82) is 0 Å². The Bertz CT molecular complexity index is 1300. The SMILES string of the molecule is CCc1cc(-c2noc(C3(C(F)(F)F)CC3)n2)cnc1-c1nc2cc(C)ncc2n1C. The summed E-state index contributed by atoms with van der Waals surface area (Å²) in [5.41, 5.74) is 2.66. The van der Waals surface area contributed by atoms with E-state index in [-0.39, 0.29) is 24.6 Å². The van der Waals surface area contributed by atoms with Gasteiger partial charge in [0, 0.05) is 24.5 Å². The van der Waals surface area contributed by atoms with Crippen LogP contribution in [-0.4, -0.2) is 35.8 Å². The van der Waals surface area contributed by atoms with Crippen LogP contribution in [0.4, 0.5) is 13.2 Å². The van der Waals surface area contributed by atoms with E-state index >= 15 is 0 Å². The van der Waals surface area contributed by atoms with Gasteiger partial charge in [-0.25, -0.2) is 4.98 Å². The lowest BCUT2D eigenvalue weighted by atomic mass is 10.1. The molecule has 1 saturated carbocycles. The average molecular weight is 428 g/mol. The molecule has 0 aliphatic heterocycles. The van der Waals surface area contributed by atoms with Gasteiger partial charge in [-0.3, -0.25) is 9.97 Å². The molecule has 0 amide bonds. The first-order valence-electron chi connectivity index (χ1n) is 9.93. The number of nitrogens with zero attached hydrogens (tertiary/aromatic N) is 6. The van der Waals surface area contributed by atoms with E-state index in [2.05, 4.69) is 20.1 Å². The fraction of sp³-hybridized carbons (Fsp3) is 0.381. The van der Waals surface area contributed by atoms with E-state index in [4.69, 9.17) is 9.51 Å². The molecule has 0 bridgehead atoms. The number of rotatable bonds is 4. The molecule has 7 nitrogen and oxygen atoms in total. The van der Waals surface area contributed by atoms with Gasteiger partial charge in [0.05, 0.1) is 17.2 Å². The second-order valence-electron chi connectivity index (χ2n) is 7.90. The van der Waals surface area contributed by atoms with Gasteiger partial charge in [0.2, 0.25) is 11.7 Å². The lowest BCUT2D eigenvalue weighted by molar-refractivity contribution is -0.166. The quantitative estimate of drug-likeness (QED) is 0.474. The molecular formula is C21H19F3N6O. The minimum absolute atomic E-state index is 0.0312. The molecule has 1 fully saturated rings. The highest BCUT2D eigenvalue weighted by Crippen LogP contribution is 2.58. The molecule has 160 valence electrons. The number of aryl methyl sites for hydroxylation is 3. The molecule has 0 aromatic carbocycles. The molecule has 4 aromatic rings. The first-order chi connectivity index (χ1) is 14.7. The molecule has 0 saturated heterocycles. The second-order valence-corrected chi connectivity index (χ2v) is 7.90. The highest BCUT2D eigenvalue weighted by molar-refractivity contribution is 5.80. The standard InChI is InChI=1S/C21H19F3N6O/c1-4-12-8-13(17-28-19(31-29-17)20(5-6-20)21(22,23)24)9-26-16(12)18-27-14-7-11(2)25-10-15(14)30(18)3/h7-10H,4-6H2,1-3H3. The monoisotopic (exact) mass is 428 g/mol. The first-order valence-corrected chi connectivity index (χ1v) is 9.93. The molecule has 0 radical (unpaired) electrons. The van der Waals surface area contributed by atoms with Crippen LogP contribution >= 0.6 is 0 Å². The summed E-state index contributed by atoms with van der Waals surface area (Å²) in [5, 5.41) is 3.79. The molecule has 0 unspecified atom stereocenters. The molecule has 0 atom stereocenters. The lowest BCUT2D eigenvalue weighted by Gasteiger charge is -2.13. The molecule has 5 rings (SSSR count). The summed E-state index contributed by atoms with van der Waals surface area (Å²) in [5.74, 6) is 0.410. The lowest BCUT2D eigenvalue weighted by Crippen LogP contribution is -2.28. The van der Waals surface area contributed by atoms with Crippen molar-refractivity contribution in [2.45, 2.75) is 44.7 Å². The average Bonchev–Trinajstić information content (AvgIpc) is 3.31. The van der Waals surface area contributed by atoms with Crippen molar-refractivity contribution in [1.82, 2.24) is 29.7 Å². The van der Waals surface area contributed by atoms with Crippen LogP contribution in [0.25, 0.3) is 33.9 Å². The van der Waals surface area contributed by atoms with Gasteiger partial charge in [-0.05, 0) is 43.9 Å². The van der Waals surface area contributed by atoms with E-state index in [1.54, 1.807) is 12.4 Å². The van der Waals surface area contributed by atoms with Crippen molar-refractivity contribution in [3.8, 4) is 22.9 Å². The molecule has 1 aliphatic rings.